The molecule has 1 aliphatic carbocycles. The van der Waals surface area contributed by atoms with Crippen molar-refractivity contribution in [3.05, 3.63) is 0 Å². The number of amides is 2. The molecule has 6 heteroatoms. The molecule has 3 nitrogen and oxygen atoms in total. The first kappa shape index (κ1) is 14.1. The Morgan fingerprint density at radius 2 is 1.82 bits per heavy atom. The van der Waals surface area contributed by atoms with E-state index < -0.39 is 18.8 Å². The molecule has 0 atom stereocenters. The summed E-state index contributed by atoms with van der Waals surface area (Å²) in [5.41, 5.74) is 0. The van der Waals surface area contributed by atoms with Crippen LogP contribution in [0.15, 0.2) is 0 Å². The van der Waals surface area contributed by atoms with Crippen molar-refractivity contribution < 1.29 is 18.0 Å². The van der Waals surface area contributed by atoms with Crippen LogP contribution in [0.2, 0.25) is 0 Å². The summed E-state index contributed by atoms with van der Waals surface area (Å²) >= 11 is 0. The first-order chi connectivity index (χ1) is 7.78. The van der Waals surface area contributed by atoms with Crippen molar-refractivity contribution in [2.45, 2.75) is 44.8 Å². The topological polar surface area (TPSA) is 32.3 Å². The molecule has 0 aromatic heterocycles. The van der Waals surface area contributed by atoms with Crippen LogP contribution < -0.4 is 5.32 Å². The largest absolute Gasteiger partial charge is 0.406 e. The van der Waals surface area contributed by atoms with Crippen molar-refractivity contribution in [1.82, 2.24) is 10.2 Å². The van der Waals surface area contributed by atoms with Crippen LogP contribution >= 0.6 is 0 Å². The summed E-state index contributed by atoms with van der Waals surface area (Å²) in [6.45, 7) is 0.940. The lowest BCUT2D eigenvalue weighted by atomic mass is 9.87. The Kier molecular flexibility index (Phi) is 4.65. The summed E-state index contributed by atoms with van der Waals surface area (Å²) in [6.07, 6.45) is -0.589. The average molecular weight is 252 g/mol. The molecule has 0 heterocycles. The Morgan fingerprint density at radius 1 is 1.29 bits per heavy atom. The van der Waals surface area contributed by atoms with E-state index in [1.165, 1.54) is 0 Å². The van der Waals surface area contributed by atoms with Gasteiger partial charge in [-0.05, 0) is 31.6 Å². The third-order valence-corrected chi connectivity index (χ3v) is 3.11. The fourth-order valence-corrected chi connectivity index (χ4v) is 2.03. The van der Waals surface area contributed by atoms with E-state index in [-0.39, 0.29) is 6.04 Å². The third-order valence-electron chi connectivity index (χ3n) is 3.11. The van der Waals surface area contributed by atoms with Gasteiger partial charge in [-0.3, -0.25) is 0 Å². The van der Waals surface area contributed by atoms with Gasteiger partial charge in [-0.25, -0.2) is 4.79 Å². The zero-order valence-corrected chi connectivity index (χ0v) is 10.2. The van der Waals surface area contributed by atoms with Crippen LogP contribution in [0.25, 0.3) is 0 Å². The Labute approximate surface area is 99.4 Å². The van der Waals surface area contributed by atoms with E-state index in [0.717, 1.165) is 32.7 Å². The Hall–Kier alpha value is -0.940. The molecule has 0 radical (unpaired) electrons. The van der Waals surface area contributed by atoms with Gasteiger partial charge in [0.1, 0.15) is 6.54 Å². The third kappa shape index (κ3) is 5.28. The number of carbonyl (C=O) groups excluding carboxylic acids is 1. The minimum Gasteiger partial charge on any atom is -0.335 e. The van der Waals surface area contributed by atoms with E-state index in [1.54, 1.807) is 0 Å². The minimum atomic E-state index is -4.34. The smallest absolute Gasteiger partial charge is 0.335 e. The fraction of sp³-hybridized carbons (Fsp3) is 0.909. The number of nitrogens with zero attached hydrogens (tertiary/aromatic N) is 1. The molecule has 0 aromatic rings. The van der Waals surface area contributed by atoms with Gasteiger partial charge in [0.05, 0.1) is 0 Å². The zero-order chi connectivity index (χ0) is 13.1. The van der Waals surface area contributed by atoms with Crippen LogP contribution in [0, 0.1) is 5.92 Å². The zero-order valence-electron chi connectivity index (χ0n) is 10.2. The van der Waals surface area contributed by atoms with E-state index in [4.69, 9.17) is 0 Å². The maximum atomic E-state index is 12.1. The summed E-state index contributed by atoms with van der Waals surface area (Å²) in [4.78, 5) is 12.2. The monoisotopic (exact) mass is 252 g/mol. The molecule has 17 heavy (non-hydrogen) atoms. The number of hydrogen-bond donors (Lipinski definition) is 1. The number of alkyl halides is 3. The van der Waals surface area contributed by atoms with Gasteiger partial charge in [0.2, 0.25) is 0 Å². The van der Waals surface area contributed by atoms with Crippen LogP contribution in [0.1, 0.15) is 32.6 Å². The lowest BCUT2D eigenvalue weighted by Gasteiger charge is -2.29. The fourth-order valence-electron chi connectivity index (χ4n) is 2.03. The Bertz CT molecular complexity index is 260. The summed E-state index contributed by atoms with van der Waals surface area (Å²) in [5.74, 6) is 0.649. The van der Waals surface area contributed by atoms with Crippen LogP contribution in [0.3, 0.4) is 0 Å². The van der Waals surface area contributed by atoms with Crippen molar-refractivity contribution >= 4 is 6.03 Å². The van der Waals surface area contributed by atoms with Crippen molar-refractivity contribution in [3.8, 4) is 0 Å². The second-order valence-corrected chi connectivity index (χ2v) is 4.88. The summed E-state index contributed by atoms with van der Waals surface area (Å²) in [5, 5.41) is 2.65. The number of nitrogens with one attached hydrogen (secondary N) is 1. The van der Waals surface area contributed by atoms with Crippen LogP contribution in [-0.4, -0.2) is 36.7 Å². The number of urea groups is 1. The molecule has 1 saturated carbocycles. The van der Waals surface area contributed by atoms with E-state index in [2.05, 4.69) is 12.2 Å². The second kappa shape index (κ2) is 5.60. The molecule has 0 saturated heterocycles. The lowest BCUT2D eigenvalue weighted by molar-refractivity contribution is -0.137. The molecule has 1 aliphatic rings. The molecule has 0 bridgehead atoms. The normalized spacial score (nSPS) is 25.5. The van der Waals surface area contributed by atoms with Crippen molar-refractivity contribution in [2.75, 3.05) is 13.6 Å². The molecular weight excluding hydrogens is 233 g/mol. The van der Waals surface area contributed by atoms with E-state index in [9.17, 15) is 18.0 Å². The maximum absolute atomic E-state index is 12.1. The SMILES string of the molecule is CC1CCC(NC(=O)N(C)CC(F)(F)F)CC1. The number of hydrogen-bond acceptors (Lipinski definition) is 1. The minimum absolute atomic E-state index is 0.0226. The lowest BCUT2D eigenvalue weighted by Crippen LogP contribution is -2.47. The summed E-state index contributed by atoms with van der Waals surface area (Å²) in [7, 11) is 1.16. The van der Waals surface area contributed by atoms with Crippen LogP contribution in [0.4, 0.5) is 18.0 Å². The molecule has 0 spiro atoms. The summed E-state index contributed by atoms with van der Waals surface area (Å²) < 4.78 is 36.2. The predicted molar refractivity (Wildman–Crippen MR) is 58.6 cm³/mol. The molecule has 1 rings (SSSR count). The molecule has 100 valence electrons. The van der Waals surface area contributed by atoms with Gasteiger partial charge >= 0.3 is 12.2 Å². The first-order valence-corrected chi connectivity index (χ1v) is 5.86. The Morgan fingerprint density at radius 3 is 2.29 bits per heavy atom. The molecule has 0 aliphatic heterocycles. The number of carbonyl (C=O) groups is 1. The first-order valence-electron chi connectivity index (χ1n) is 5.86. The summed E-state index contributed by atoms with van der Waals surface area (Å²) in [6, 6.07) is -0.615. The quantitative estimate of drug-likeness (QED) is 0.805. The predicted octanol–water partition coefficient (Wildman–Crippen LogP) is 2.77. The molecule has 0 aromatic carbocycles. The highest BCUT2D eigenvalue weighted by Gasteiger charge is 2.32. The Balaban J connectivity index is 2.33. The van der Waals surface area contributed by atoms with Gasteiger partial charge in [-0.2, -0.15) is 13.2 Å². The van der Waals surface area contributed by atoms with Gasteiger partial charge in [0.25, 0.3) is 0 Å². The van der Waals surface area contributed by atoms with Crippen molar-refractivity contribution in [3.63, 3.8) is 0 Å². The van der Waals surface area contributed by atoms with Gasteiger partial charge in [-0.1, -0.05) is 6.92 Å². The van der Waals surface area contributed by atoms with Crippen molar-refractivity contribution in [1.29, 1.82) is 0 Å². The van der Waals surface area contributed by atoms with Gasteiger partial charge in [-0.15, -0.1) is 0 Å². The highest BCUT2D eigenvalue weighted by molar-refractivity contribution is 5.74. The molecule has 2 amide bonds. The number of halogens is 3. The molecule has 0 unspecified atom stereocenters. The number of rotatable bonds is 2. The van der Waals surface area contributed by atoms with E-state index >= 15 is 0 Å². The van der Waals surface area contributed by atoms with E-state index in [1.807, 2.05) is 0 Å². The molecular formula is C11H19F3N2O. The molecule has 1 N–H and O–H groups in total. The average Bonchev–Trinajstić information content (AvgIpc) is 2.19. The van der Waals surface area contributed by atoms with Crippen LogP contribution in [0.5, 0.6) is 0 Å². The standard InChI is InChI=1S/C11H19F3N2O/c1-8-3-5-9(6-4-8)15-10(17)16(2)7-11(12,13)14/h8-9H,3-7H2,1-2H3,(H,15,17). The molecule has 1 fully saturated rings. The van der Waals surface area contributed by atoms with Gasteiger partial charge in [0, 0.05) is 13.1 Å². The van der Waals surface area contributed by atoms with Gasteiger partial charge < -0.3 is 10.2 Å². The highest BCUT2D eigenvalue weighted by atomic mass is 19.4. The second-order valence-electron chi connectivity index (χ2n) is 4.88. The van der Waals surface area contributed by atoms with E-state index in [0.29, 0.717) is 10.8 Å². The van der Waals surface area contributed by atoms with Gasteiger partial charge in [0.15, 0.2) is 0 Å². The highest BCUT2D eigenvalue weighted by Crippen LogP contribution is 2.23. The maximum Gasteiger partial charge on any atom is 0.406 e. The van der Waals surface area contributed by atoms with Crippen LogP contribution in [-0.2, 0) is 0 Å². The van der Waals surface area contributed by atoms with Crippen molar-refractivity contribution in [2.24, 2.45) is 5.92 Å².